The van der Waals surface area contributed by atoms with Gasteiger partial charge in [0.1, 0.15) is 10.8 Å². The number of para-hydroxylation sites is 1. The first kappa shape index (κ1) is 19.1. The highest BCUT2D eigenvalue weighted by Gasteiger charge is 2.19. The number of amides is 1. The van der Waals surface area contributed by atoms with Crippen molar-refractivity contribution in [1.29, 1.82) is 0 Å². The maximum Gasteiger partial charge on any atom is 0.286 e. The summed E-state index contributed by atoms with van der Waals surface area (Å²) >= 11 is 0.968. The molecular formula is C17H15FN4O3S2. The fraction of sp³-hybridized carbons (Fsp3) is 0.118. The Balaban J connectivity index is 1.67. The lowest BCUT2D eigenvalue weighted by Gasteiger charge is -2.08. The van der Waals surface area contributed by atoms with E-state index in [1.807, 2.05) is 6.07 Å². The van der Waals surface area contributed by atoms with E-state index in [9.17, 15) is 17.6 Å². The van der Waals surface area contributed by atoms with Crippen molar-refractivity contribution in [2.45, 2.75) is 18.4 Å². The number of aryl methyl sites for hydroxylation is 1. The Morgan fingerprint density at radius 1 is 1.15 bits per heavy atom. The summed E-state index contributed by atoms with van der Waals surface area (Å²) in [5.41, 5.74) is 1.03. The maximum absolute atomic E-state index is 13.4. The van der Waals surface area contributed by atoms with Gasteiger partial charge in [-0.25, -0.2) is 17.5 Å². The third-order valence-electron chi connectivity index (χ3n) is 3.55. The van der Waals surface area contributed by atoms with Gasteiger partial charge in [0.15, 0.2) is 0 Å². The van der Waals surface area contributed by atoms with Crippen LogP contribution in [0.1, 0.15) is 20.4 Å². The zero-order valence-corrected chi connectivity index (χ0v) is 15.8. The molecule has 0 unspecified atom stereocenters. The fourth-order valence-corrected chi connectivity index (χ4v) is 4.23. The summed E-state index contributed by atoms with van der Waals surface area (Å²) in [4.78, 5) is 12.0. The van der Waals surface area contributed by atoms with E-state index in [1.165, 1.54) is 12.1 Å². The van der Waals surface area contributed by atoms with Gasteiger partial charge in [0.25, 0.3) is 5.91 Å². The fourth-order valence-electron chi connectivity index (χ4n) is 2.22. The SMILES string of the molecule is Cc1ccc(F)cc1S(=O)(=O)NCc1nnc(C(=O)Nc2ccccc2)s1. The van der Waals surface area contributed by atoms with Crippen molar-refractivity contribution in [3.63, 3.8) is 0 Å². The molecule has 0 aliphatic heterocycles. The van der Waals surface area contributed by atoms with Crippen molar-refractivity contribution in [1.82, 2.24) is 14.9 Å². The Labute approximate surface area is 159 Å². The Bertz CT molecular complexity index is 1070. The van der Waals surface area contributed by atoms with E-state index in [2.05, 4.69) is 20.2 Å². The Hall–Kier alpha value is -2.69. The molecular weight excluding hydrogens is 391 g/mol. The number of aromatic nitrogens is 2. The monoisotopic (exact) mass is 406 g/mol. The van der Waals surface area contributed by atoms with Gasteiger partial charge in [0.05, 0.1) is 11.4 Å². The van der Waals surface area contributed by atoms with Crippen LogP contribution < -0.4 is 10.0 Å². The van der Waals surface area contributed by atoms with Gasteiger partial charge < -0.3 is 5.32 Å². The molecule has 3 rings (SSSR count). The molecule has 1 amide bonds. The minimum atomic E-state index is -3.92. The van der Waals surface area contributed by atoms with Crippen LogP contribution in [-0.4, -0.2) is 24.5 Å². The number of benzene rings is 2. The first-order valence-corrected chi connectivity index (χ1v) is 10.1. The van der Waals surface area contributed by atoms with Crippen LogP contribution in [0.3, 0.4) is 0 Å². The van der Waals surface area contributed by atoms with Crippen LogP contribution in [0, 0.1) is 12.7 Å². The molecule has 0 radical (unpaired) electrons. The molecule has 10 heteroatoms. The molecule has 7 nitrogen and oxygen atoms in total. The van der Waals surface area contributed by atoms with Gasteiger partial charge in [0, 0.05) is 5.69 Å². The predicted molar refractivity (Wildman–Crippen MR) is 99.5 cm³/mol. The highest BCUT2D eigenvalue weighted by atomic mass is 32.2. The predicted octanol–water partition coefficient (Wildman–Crippen LogP) is 2.72. The molecule has 140 valence electrons. The second-order valence-corrected chi connectivity index (χ2v) is 8.35. The Morgan fingerprint density at radius 3 is 2.63 bits per heavy atom. The second-order valence-electron chi connectivity index (χ2n) is 5.56. The lowest BCUT2D eigenvalue weighted by molar-refractivity contribution is 0.102. The van der Waals surface area contributed by atoms with E-state index in [4.69, 9.17) is 0 Å². The topological polar surface area (TPSA) is 101 Å². The molecule has 1 aromatic heterocycles. The quantitative estimate of drug-likeness (QED) is 0.655. The van der Waals surface area contributed by atoms with E-state index in [1.54, 1.807) is 31.2 Å². The number of hydrogen-bond acceptors (Lipinski definition) is 6. The van der Waals surface area contributed by atoms with Gasteiger partial charge in [-0.1, -0.05) is 35.6 Å². The van der Waals surface area contributed by atoms with Gasteiger partial charge in [-0.15, -0.1) is 10.2 Å². The molecule has 3 aromatic rings. The van der Waals surface area contributed by atoms with Crippen molar-refractivity contribution in [3.05, 3.63) is 69.9 Å². The number of anilines is 1. The molecule has 0 bridgehead atoms. The number of nitrogens with one attached hydrogen (secondary N) is 2. The van der Waals surface area contributed by atoms with Gasteiger partial charge in [-0.3, -0.25) is 4.79 Å². The number of halogens is 1. The lowest BCUT2D eigenvalue weighted by Crippen LogP contribution is -2.24. The Morgan fingerprint density at radius 2 is 1.89 bits per heavy atom. The van der Waals surface area contributed by atoms with Crippen LogP contribution in [-0.2, 0) is 16.6 Å². The van der Waals surface area contributed by atoms with Crippen LogP contribution in [0.5, 0.6) is 0 Å². The van der Waals surface area contributed by atoms with E-state index in [-0.39, 0.29) is 16.4 Å². The Kier molecular flexibility index (Phi) is 5.59. The smallest absolute Gasteiger partial charge is 0.286 e. The molecule has 1 heterocycles. The highest BCUT2D eigenvalue weighted by molar-refractivity contribution is 7.89. The minimum Gasteiger partial charge on any atom is -0.320 e. The zero-order valence-electron chi connectivity index (χ0n) is 14.1. The van der Waals surface area contributed by atoms with Crippen molar-refractivity contribution >= 4 is 33.0 Å². The van der Waals surface area contributed by atoms with Crippen LogP contribution in [0.2, 0.25) is 0 Å². The van der Waals surface area contributed by atoms with Crippen LogP contribution in [0.25, 0.3) is 0 Å². The molecule has 0 saturated carbocycles. The van der Waals surface area contributed by atoms with Crippen LogP contribution >= 0.6 is 11.3 Å². The summed E-state index contributed by atoms with van der Waals surface area (Å²) < 4.78 is 40.4. The van der Waals surface area contributed by atoms with Crippen molar-refractivity contribution in [2.24, 2.45) is 0 Å². The number of nitrogens with zero attached hydrogens (tertiary/aromatic N) is 2. The summed E-state index contributed by atoms with van der Waals surface area (Å²) in [6.07, 6.45) is 0. The second kappa shape index (κ2) is 7.91. The molecule has 0 aliphatic rings. The molecule has 2 aromatic carbocycles. The summed E-state index contributed by atoms with van der Waals surface area (Å²) in [7, 11) is -3.92. The summed E-state index contributed by atoms with van der Waals surface area (Å²) in [6, 6.07) is 12.4. The van der Waals surface area contributed by atoms with Crippen LogP contribution in [0.4, 0.5) is 10.1 Å². The van der Waals surface area contributed by atoms with Gasteiger partial charge >= 0.3 is 0 Å². The number of hydrogen-bond donors (Lipinski definition) is 2. The third-order valence-corrected chi connectivity index (χ3v) is 6.01. The van der Waals surface area contributed by atoms with E-state index in [0.717, 1.165) is 17.4 Å². The van der Waals surface area contributed by atoms with E-state index < -0.39 is 21.7 Å². The number of carbonyl (C=O) groups is 1. The first-order valence-electron chi connectivity index (χ1n) is 7.80. The first-order chi connectivity index (χ1) is 12.8. The van der Waals surface area contributed by atoms with Crippen molar-refractivity contribution in [2.75, 3.05) is 5.32 Å². The van der Waals surface area contributed by atoms with E-state index in [0.29, 0.717) is 16.3 Å². The van der Waals surface area contributed by atoms with Crippen molar-refractivity contribution < 1.29 is 17.6 Å². The normalized spacial score (nSPS) is 11.3. The standard InChI is InChI=1S/C17H15FN4O3S2/c1-11-7-8-12(18)9-14(11)27(24,25)19-10-15-21-22-17(26-15)16(23)20-13-5-3-2-4-6-13/h2-9,19H,10H2,1H3,(H,20,23). The molecule has 2 N–H and O–H groups in total. The minimum absolute atomic E-state index is 0.106. The highest BCUT2D eigenvalue weighted by Crippen LogP contribution is 2.18. The summed E-state index contributed by atoms with van der Waals surface area (Å²) in [5, 5.41) is 10.7. The summed E-state index contributed by atoms with van der Waals surface area (Å²) in [6.45, 7) is 1.42. The number of rotatable bonds is 6. The third kappa shape index (κ3) is 4.73. The number of carbonyl (C=O) groups excluding carboxylic acids is 1. The average molecular weight is 406 g/mol. The molecule has 0 saturated heterocycles. The molecule has 0 aliphatic carbocycles. The average Bonchev–Trinajstić information content (AvgIpc) is 3.12. The largest absolute Gasteiger partial charge is 0.320 e. The molecule has 0 atom stereocenters. The van der Waals surface area contributed by atoms with E-state index >= 15 is 0 Å². The van der Waals surface area contributed by atoms with Crippen LogP contribution in [0.15, 0.2) is 53.4 Å². The molecule has 0 fully saturated rings. The number of sulfonamides is 1. The summed E-state index contributed by atoms with van der Waals surface area (Å²) in [5.74, 6) is -1.08. The van der Waals surface area contributed by atoms with Crippen molar-refractivity contribution in [3.8, 4) is 0 Å². The van der Waals surface area contributed by atoms with Gasteiger partial charge in [-0.05, 0) is 36.8 Å². The molecule has 27 heavy (non-hydrogen) atoms. The lowest BCUT2D eigenvalue weighted by atomic mass is 10.2. The molecule has 0 spiro atoms. The van der Waals surface area contributed by atoms with Gasteiger partial charge in [0.2, 0.25) is 15.0 Å². The zero-order chi connectivity index (χ0) is 19.4. The maximum atomic E-state index is 13.4. The van der Waals surface area contributed by atoms with Gasteiger partial charge in [-0.2, -0.15) is 0 Å².